The van der Waals surface area contributed by atoms with Crippen LogP contribution in [-0.4, -0.2) is 21.0 Å². The number of hydrogen-bond donors (Lipinski definition) is 2. The minimum atomic E-state index is -3.44. The lowest BCUT2D eigenvalue weighted by Crippen LogP contribution is -2.26. The Morgan fingerprint density at radius 1 is 1.35 bits per heavy atom. The molecular formula is C12H14N2O2S. The van der Waals surface area contributed by atoms with Crippen molar-refractivity contribution in [1.29, 1.82) is 0 Å². The molecule has 0 radical (unpaired) electrons. The summed E-state index contributed by atoms with van der Waals surface area (Å²) in [6.45, 7) is 0.302. The lowest BCUT2D eigenvalue weighted by molar-refractivity contribution is 0.581. The van der Waals surface area contributed by atoms with E-state index in [2.05, 4.69) is 16.0 Å². The van der Waals surface area contributed by atoms with Crippen LogP contribution in [-0.2, 0) is 10.0 Å². The molecule has 1 aromatic rings. The molecule has 2 rings (SSSR count). The first-order valence-corrected chi connectivity index (χ1v) is 6.90. The van der Waals surface area contributed by atoms with Crippen molar-refractivity contribution in [3.8, 4) is 12.3 Å². The second kappa shape index (κ2) is 4.78. The first-order chi connectivity index (χ1) is 8.13. The molecule has 0 aromatic heterocycles. The van der Waals surface area contributed by atoms with Crippen molar-refractivity contribution in [3.05, 3.63) is 24.3 Å². The van der Waals surface area contributed by atoms with Crippen LogP contribution in [0.4, 0.5) is 5.69 Å². The van der Waals surface area contributed by atoms with Gasteiger partial charge in [-0.25, -0.2) is 13.1 Å². The summed E-state index contributed by atoms with van der Waals surface area (Å²) in [6, 6.07) is 6.85. The smallest absolute Gasteiger partial charge is 0.242 e. The minimum Gasteiger partial charge on any atom is -0.373 e. The molecule has 1 aliphatic rings. The molecule has 0 unspecified atom stereocenters. The van der Waals surface area contributed by atoms with Crippen molar-refractivity contribution in [3.63, 3.8) is 0 Å². The summed E-state index contributed by atoms with van der Waals surface area (Å²) in [4.78, 5) is 0.252. The Bertz CT molecular complexity index is 542. The maximum absolute atomic E-state index is 12.1. The average molecular weight is 250 g/mol. The van der Waals surface area contributed by atoms with Gasteiger partial charge in [-0.15, -0.1) is 6.42 Å². The molecule has 90 valence electrons. The Kier molecular flexibility index (Phi) is 3.36. The van der Waals surface area contributed by atoms with E-state index < -0.39 is 10.0 Å². The van der Waals surface area contributed by atoms with E-state index in [1.807, 2.05) is 0 Å². The van der Waals surface area contributed by atoms with Gasteiger partial charge in [0.25, 0.3) is 0 Å². The average Bonchev–Trinajstić information content (AvgIpc) is 3.10. The minimum absolute atomic E-state index is 0.0979. The molecular weight excluding hydrogens is 236 g/mol. The molecule has 0 heterocycles. The van der Waals surface area contributed by atoms with Crippen LogP contribution in [0.3, 0.4) is 0 Å². The summed E-state index contributed by atoms with van der Waals surface area (Å²) < 4.78 is 26.8. The fourth-order valence-electron chi connectivity index (χ4n) is 1.48. The molecule has 1 fully saturated rings. The Balaban J connectivity index is 2.26. The molecule has 0 spiro atoms. The topological polar surface area (TPSA) is 58.2 Å². The van der Waals surface area contributed by atoms with E-state index in [1.54, 1.807) is 24.3 Å². The second-order valence-electron chi connectivity index (χ2n) is 3.95. The van der Waals surface area contributed by atoms with E-state index in [1.165, 1.54) is 0 Å². The van der Waals surface area contributed by atoms with Gasteiger partial charge in [-0.05, 0) is 25.0 Å². The van der Waals surface area contributed by atoms with Gasteiger partial charge < -0.3 is 5.32 Å². The third kappa shape index (κ3) is 2.99. The van der Waals surface area contributed by atoms with Crippen LogP contribution >= 0.6 is 0 Å². The molecule has 1 aliphatic carbocycles. The number of benzene rings is 1. The molecule has 17 heavy (non-hydrogen) atoms. The van der Waals surface area contributed by atoms with Gasteiger partial charge >= 0.3 is 0 Å². The molecule has 0 atom stereocenters. The summed E-state index contributed by atoms with van der Waals surface area (Å²) in [5.74, 6) is 2.42. The number of hydrogen-bond acceptors (Lipinski definition) is 3. The Morgan fingerprint density at radius 3 is 2.71 bits per heavy atom. The van der Waals surface area contributed by atoms with E-state index >= 15 is 0 Å². The van der Waals surface area contributed by atoms with Crippen LogP contribution in [0.2, 0.25) is 0 Å². The van der Waals surface area contributed by atoms with Crippen LogP contribution in [0.25, 0.3) is 0 Å². The van der Waals surface area contributed by atoms with Gasteiger partial charge in [-0.1, -0.05) is 18.1 Å². The third-order valence-corrected chi connectivity index (χ3v) is 4.04. The maximum atomic E-state index is 12.1. The van der Waals surface area contributed by atoms with Gasteiger partial charge in [0, 0.05) is 6.04 Å². The largest absolute Gasteiger partial charge is 0.373 e. The van der Waals surface area contributed by atoms with Gasteiger partial charge in [-0.2, -0.15) is 0 Å². The zero-order chi connectivity index (χ0) is 12.3. The highest BCUT2D eigenvalue weighted by molar-refractivity contribution is 7.89. The maximum Gasteiger partial charge on any atom is 0.242 e. The Hall–Kier alpha value is -1.51. The quantitative estimate of drug-likeness (QED) is 0.771. The molecule has 0 saturated heterocycles. The predicted molar refractivity (Wildman–Crippen MR) is 67.1 cm³/mol. The summed E-state index contributed by atoms with van der Waals surface area (Å²) in [5, 5.41) is 2.91. The van der Waals surface area contributed by atoms with Crippen molar-refractivity contribution < 1.29 is 8.42 Å². The zero-order valence-corrected chi connectivity index (χ0v) is 10.1. The van der Waals surface area contributed by atoms with Crippen LogP contribution in [0.1, 0.15) is 12.8 Å². The summed E-state index contributed by atoms with van der Waals surface area (Å²) in [6.07, 6.45) is 6.98. The number of rotatable bonds is 5. The highest BCUT2D eigenvalue weighted by Crippen LogP contribution is 2.25. The van der Waals surface area contributed by atoms with Gasteiger partial charge in [0.05, 0.1) is 12.2 Å². The second-order valence-corrected chi connectivity index (χ2v) is 5.63. The molecule has 2 N–H and O–H groups in total. The van der Waals surface area contributed by atoms with Gasteiger partial charge in [-0.3, -0.25) is 0 Å². The van der Waals surface area contributed by atoms with E-state index in [4.69, 9.17) is 6.42 Å². The number of nitrogens with one attached hydrogen (secondary N) is 2. The Morgan fingerprint density at radius 2 is 2.06 bits per heavy atom. The highest BCUT2D eigenvalue weighted by atomic mass is 32.2. The predicted octanol–water partition coefficient (Wildman–Crippen LogP) is 1.17. The highest BCUT2D eigenvalue weighted by Gasteiger charge is 2.29. The third-order valence-electron chi connectivity index (χ3n) is 2.46. The monoisotopic (exact) mass is 250 g/mol. The first kappa shape index (κ1) is 12.0. The van der Waals surface area contributed by atoms with E-state index in [-0.39, 0.29) is 10.9 Å². The zero-order valence-electron chi connectivity index (χ0n) is 9.31. The van der Waals surface area contributed by atoms with E-state index in [9.17, 15) is 8.42 Å². The van der Waals surface area contributed by atoms with Crippen molar-refractivity contribution in [2.45, 2.75) is 23.8 Å². The van der Waals surface area contributed by atoms with Gasteiger partial charge in [0.2, 0.25) is 10.0 Å². The van der Waals surface area contributed by atoms with Crippen molar-refractivity contribution in [2.75, 3.05) is 11.9 Å². The molecule has 0 bridgehead atoms. The van der Waals surface area contributed by atoms with Crippen LogP contribution in [0.5, 0.6) is 0 Å². The molecule has 5 heteroatoms. The number of para-hydroxylation sites is 1. The summed E-state index contributed by atoms with van der Waals surface area (Å²) in [5.41, 5.74) is 0.540. The summed E-state index contributed by atoms with van der Waals surface area (Å²) in [7, 11) is -3.44. The van der Waals surface area contributed by atoms with Gasteiger partial charge in [0.15, 0.2) is 0 Å². The van der Waals surface area contributed by atoms with E-state index in [0.717, 1.165) is 12.8 Å². The van der Waals surface area contributed by atoms with Crippen molar-refractivity contribution >= 4 is 15.7 Å². The Labute approximate surface area is 101 Å². The normalized spacial score (nSPS) is 15.2. The van der Waals surface area contributed by atoms with Crippen LogP contribution in [0.15, 0.2) is 29.2 Å². The number of terminal acetylenes is 1. The molecule has 4 nitrogen and oxygen atoms in total. The van der Waals surface area contributed by atoms with Gasteiger partial charge in [0.1, 0.15) is 4.90 Å². The molecule has 1 aromatic carbocycles. The van der Waals surface area contributed by atoms with Crippen LogP contribution < -0.4 is 10.0 Å². The van der Waals surface area contributed by atoms with Crippen molar-refractivity contribution in [1.82, 2.24) is 4.72 Å². The van der Waals surface area contributed by atoms with Crippen LogP contribution in [0, 0.1) is 12.3 Å². The van der Waals surface area contributed by atoms with Crippen molar-refractivity contribution in [2.24, 2.45) is 0 Å². The standard InChI is InChI=1S/C12H14N2O2S/c1-2-9-13-11-5-3-4-6-12(11)17(15,16)14-10-7-8-10/h1,3-6,10,13-14H,7-9H2. The number of anilines is 1. The summed E-state index contributed by atoms with van der Waals surface area (Å²) >= 11 is 0. The number of sulfonamides is 1. The molecule has 1 saturated carbocycles. The SMILES string of the molecule is C#CCNc1ccccc1S(=O)(=O)NC1CC1. The van der Waals surface area contributed by atoms with E-state index in [0.29, 0.717) is 12.2 Å². The molecule has 0 aliphatic heterocycles. The lowest BCUT2D eigenvalue weighted by Gasteiger charge is -2.11. The fourth-order valence-corrected chi connectivity index (χ4v) is 2.97. The lowest BCUT2D eigenvalue weighted by atomic mass is 10.3. The molecule has 0 amide bonds. The fraction of sp³-hybridized carbons (Fsp3) is 0.333. The first-order valence-electron chi connectivity index (χ1n) is 5.42.